The molecule has 0 aromatic carbocycles. The molecule has 0 amide bonds. The van der Waals surface area contributed by atoms with Gasteiger partial charge >= 0.3 is 0 Å². The summed E-state index contributed by atoms with van der Waals surface area (Å²) in [5, 5.41) is 7.75. The van der Waals surface area contributed by atoms with Gasteiger partial charge in [-0.15, -0.1) is 10.2 Å². The Morgan fingerprint density at radius 3 is 2.71 bits per heavy atom. The van der Waals surface area contributed by atoms with Gasteiger partial charge < -0.3 is 4.57 Å². The first-order valence-electron chi connectivity index (χ1n) is 5.46. The largest absolute Gasteiger partial charge is 0.316 e. The van der Waals surface area contributed by atoms with Crippen LogP contribution < -0.4 is 4.72 Å². The molecule has 17 heavy (non-hydrogen) atoms. The molecule has 1 N–H and O–H groups in total. The van der Waals surface area contributed by atoms with Gasteiger partial charge in [-0.1, -0.05) is 6.92 Å². The predicted octanol–water partition coefficient (Wildman–Crippen LogP) is 0.145. The molecule has 0 fully saturated rings. The van der Waals surface area contributed by atoms with Crippen molar-refractivity contribution in [3.63, 3.8) is 0 Å². The summed E-state index contributed by atoms with van der Waals surface area (Å²) >= 11 is 0. The average Bonchev–Trinajstić information content (AvgIpc) is 2.65. The number of hydrogen-bond acceptors (Lipinski definition) is 4. The van der Waals surface area contributed by atoms with E-state index < -0.39 is 16.3 Å². The van der Waals surface area contributed by atoms with E-state index >= 15 is 0 Å². The SMILES string of the molecule is CCCn1cnnc1C(C)NS(=O)(=O)N(C)C. The first kappa shape index (κ1) is 14.1. The van der Waals surface area contributed by atoms with Crippen LogP contribution in [0.3, 0.4) is 0 Å². The molecule has 0 aliphatic carbocycles. The summed E-state index contributed by atoms with van der Waals surface area (Å²) in [6.07, 6.45) is 2.55. The van der Waals surface area contributed by atoms with Gasteiger partial charge in [-0.3, -0.25) is 0 Å². The molecule has 1 unspecified atom stereocenters. The molecule has 1 aromatic rings. The third kappa shape index (κ3) is 3.48. The Balaban J connectivity index is 2.83. The minimum atomic E-state index is -3.45. The van der Waals surface area contributed by atoms with Gasteiger partial charge in [-0.2, -0.15) is 17.4 Å². The Bertz CT molecular complexity index is 454. The second kappa shape index (κ2) is 5.56. The fraction of sp³-hybridized carbons (Fsp3) is 0.778. The molecule has 0 spiro atoms. The van der Waals surface area contributed by atoms with E-state index in [1.807, 2.05) is 11.5 Å². The van der Waals surface area contributed by atoms with Crippen LogP contribution in [0.4, 0.5) is 0 Å². The van der Waals surface area contributed by atoms with Crippen molar-refractivity contribution in [2.75, 3.05) is 14.1 Å². The molecule has 1 rings (SSSR count). The molecule has 0 saturated carbocycles. The molecule has 1 heterocycles. The predicted molar refractivity (Wildman–Crippen MR) is 64.5 cm³/mol. The van der Waals surface area contributed by atoms with Gasteiger partial charge in [0.2, 0.25) is 0 Å². The van der Waals surface area contributed by atoms with Crippen LogP contribution >= 0.6 is 0 Å². The molecule has 1 atom stereocenters. The van der Waals surface area contributed by atoms with Gasteiger partial charge in [0.05, 0.1) is 6.04 Å². The lowest BCUT2D eigenvalue weighted by Gasteiger charge is -2.17. The Kier molecular flexibility index (Phi) is 4.61. The minimum absolute atomic E-state index is 0.406. The van der Waals surface area contributed by atoms with Crippen LogP contribution in [0.5, 0.6) is 0 Å². The normalized spacial score (nSPS) is 14.2. The van der Waals surface area contributed by atoms with Crippen molar-refractivity contribution in [2.45, 2.75) is 32.9 Å². The second-order valence-corrected chi connectivity index (χ2v) is 5.93. The van der Waals surface area contributed by atoms with E-state index in [-0.39, 0.29) is 0 Å². The summed E-state index contributed by atoms with van der Waals surface area (Å²) in [6, 6.07) is -0.406. The molecule has 98 valence electrons. The highest BCUT2D eigenvalue weighted by molar-refractivity contribution is 7.87. The summed E-state index contributed by atoms with van der Waals surface area (Å²) < 4.78 is 28.8. The van der Waals surface area contributed by atoms with Crippen molar-refractivity contribution in [2.24, 2.45) is 0 Å². The Morgan fingerprint density at radius 1 is 1.53 bits per heavy atom. The lowest BCUT2D eigenvalue weighted by atomic mass is 10.3. The molecule has 8 heteroatoms. The zero-order valence-corrected chi connectivity index (χ0v) is 11.4. The maximum atomic E-state index is 11.7. The van der Waals surface area contributed by atoms with Crippen LogP contribution in [0.15, 0.2) is 6.33 Å². The molecule has 0 aliphatic rings. The van der Waals surface area contributed by atoms with Crippen LogP contribution in [-0.2, 0) is 16.8 Å². The van der Waals surface area contributed by atoms with E-state index in [4.69, 9.17) is 0 Å². The number of aryl methyl sites for hydroxylation is 1. The van der Waals surface area contributed by atoms with Crippen molar-refractivity contribution in [1.82, 2.24) is 23.8 Å². The Morgan fingerprint density at radius 2 is 2.18 bits per heavy atom. The van der Waals surface area contributed by atoms with Crippen LogP contribution in [0.25, 0.3) is 0 Å². The first-order valence-corrected chi connectivity index (χ1v) is 6.90. The zero-order chi connectivity index (χ0) is 13.1. The summed E-state index contributed by atoms with van der Waals surface area (Å²) in [4.78, 5) is 0. The smallest absolute Gasteiger partial charge is 0.279 e. The molecule has 1 aromatic heterocycles. The highest BCUT2D eigenvalue weighted by Crippen LogP contribution is 2.11. The topological polar surface area (TPSA) is 80.1 Å². The number of nitrogens with zero attached hydrogens (tertiary/aromatic N) is 4. The van der Waals surface area contributed by atoms with Crippen molar-refractivity contribution in [3.05, 3.63) is 12.2 Å². The average molecular weight is 261 g/mol. The minimum Gasteiger partial charge on any atom is -0.316 e. The van der Waals surface area contributed by atoms with E-state index in [0.29, 0.717) is 5.82 Å². The molecule has 0 saturated heterocycles. The number of aromatic nitrogens is 3. The number of rotatable bonds is 6. The van der Waals surface area contributed by atoms with Crippen LogP contribution in [-0.4, -0.2) is 41.6 Å². The summed E-state index contributed by atoms with van der Waals surface area (Å²) in [5.74, 6) is 0.622. The van der Waals surface area contributed by atoms with E-state index in [1.54, 1.807) is 13.3 Å². The second-order valence-electron chi connectivity index (χ2n) is 4.01. The molecule has 0 radical (unpaired) electrons. The van der Waals surface area contributed by atoms with Crippen LogP contribution in [0.2, 0.25) is 0 Å². The highest BCUT2D eigenvalue weighted by Gasteiger charge is 2.21. The van der Waals surface area contributed by atoms with E-state index in [9.17, 15) is 8.42 Å². The molecule has 0 bridgehead atoms. The van der Waals surface area contributed by atoms with Gasteiger partial charge in [0.1, 0.15) is 6.33 Å². The fourth-order valence-electron chi connectivity index (χ4n) is 1.39. The third-order valence-corrected chi connectivity index (χ3v) is 3.92. The molecular weight excluding hydrogens is 242 g/mol. The van der Waals surface area contributed by atoms with Crippen molar-refractivity contribution >= 4 is 10.2 Å². The van der Waals surface area contributed by atoms with Gasteiger partial charge in [0.15, 0.2) is 5.82 Å². The number of nitrogens with one attached hydrogen (secondary N) is 1. The molecule has 7 nitrogen and oxygen atoms in total. The van der Waals surface area contributed by atoms with E-state index in [1.165, 1.54) is 14.1 Å². The summed E-state index contributed by atoms with van der Waals surface area (Å²) in [5.41, 5.74) is 0. The Hall–Kier alpha value is -0.990. The van der Waals surface area contributed by atoms with Gasteiger partial charge in [-0.05, 0) is 13.3 Å². The summed E-state index contributed by atoms with van der Waals surface area (Å²) in [6.45, 7) is 4.56. The lowest BCUT2D eigenvalue weighted by Crippen LogP contribution is -2.38. The van der Waals surface area contributed by atoms with Gasteiger partial charge in [-0.25, -0.2) is 0 Å². The molecular formula is C9H19N5O2S. The first-order chi connectivity index (χ1) is 7.88. The third-order valence-electron chi connectivity index (χ3n) is 2.30. The molecule has 0 aliphatic heterocycles. The van der Waals surface area contributed by atoms with Crippen molar-refractivity contribution in [3.8, 4) is 0 Å². The zero-order valence-electron chi connectivity index (χ0n) is 10.6. The van der Waals surface area contributed by atoms with E-state index in [0.717, 1.165) is 17.3 Å². The number of hydrogen-bond donors (Lipinski definition) is 1. The summed E-state index contributed by atoms with van der Waals surface area (Å²) in [7, 11) is -0.497. The van der Waals surface area contributed by atoms with Crippen molar-refractivity contribution < 1.29 is 8.42 Å². The maximum Gasteiger partial charge on any atom is 0.279 e. The fourth-order valence-corrected chi connectivity index (χ4v) is 2.16. The van der Waals surface area contributed by atoms with Gasteiger partial charge in [0, 0.05) is 20.6 Å². The Labute approximate surface area is 102 Å². The van der Waals surface area contributed by atoms with E-state index in [2.05, 4.69) is 14.9 Å². The van der Waals surface area contributed by atoms with Crippen molar-refractivity contribution in [1.29, 1.82) is 0 Å². The van der Waals surface area contributed by atoms with Crippen LogP contribution in [0, 0.1) is 0 Å². The quantitative estimate of drug-likeness (QED) is 0.790. The monoisotopic (exact) mass is 261 g/mol. The standard InChI is InChI=1S/C9H19N5O2S/c1-5-6-14-7-10-11-9(14)8(2)12-17(15,16)13(3)4/h7-8,12H,5-6H2,1-4H3. The van der Waals surface area contributed by atoms with Gasteiger partial charge in [0.25, 0.3) is 10.2 Å². The highest BCUT2D eigenvalue weighted by atomic mass is 32.2. The maximum absolute atomic E-state index is 11.7. The van der Waals surface area contributed by atoms with Crippen LogP contribution in [0.1, 0.15) is 32.1 Å². The lowest BCUT2D eigenvalue weighted by molar-refractivity contribution is 0.484.